The maximum absolute atomic E-state index is 15.3. The lowest BCUT2D eigenvalue weighted by Gasteiger charge is -2.45. The number of nitrogens with zero attached hydrogens (tertiary/aromatic N) is 4. The van der Waals surface area contributed by atoms with Crippen LogP contribution in [-0.2, 0) is 15.7 Å². The minimum atomic E-state index is -4.98. The van der Waals surface area contributed by atoms with E-state index >= 15 is 4.39 Å². The Hall–Kier alpha value is -2.97. The number of hydrogen-bond donors (Lipinski definition) is 0. The Labute approximate surface area is 268 Å². The molecule has 5 rings (SSSR count). The fourth-order valence-corrected chi connectivity index (χ4v) is 7.52. The van der Waals surface area contributed by atoms with Gasteiger partial charge in [0.2, 0.25) is 5.91 Å². The number of aromatic nitrogens is 2. The number of halogens is 6. The third-order valence-corrected chi connectivity index (χ3v) is 9.40. The minimum absolute atomic E-state index is 0.00396. The maximum atomic E-state index is 15.3. The Kier molecular flexibility index (Phi) is 8.91. The predicted molar refractivity (Wildman–Crippen MR) is 174 cm³/mol. The molecule has 1 saturated heterocycles. The lowest BCUT2D eigenvalue weighted by atomic mass is 9.52. The molecule has 0 aliphatic carbocycles. The standard InChI is InChI=1S/C28H29B3ClF5N4O3S/c1-4-21(42)40-12(2)8-39(9-13(40)3)25-16-5-17(27(35,36)37)22(15-6-18(32)20(34)7-19(15)33)24-23(16)41(26(43)38-25)14(11-45-24)10-44-28(29,30)31/h4-7,12-14H,1,8-11,29-31H2,2-3H3/t12-,13+,14-/m0/s1. The molecule has 236 valence electrons. The van der Waals surface area contributed by atoms with Crippen molar-refractivity contribution in [1.29, 1.82) is 0 Å². The van der Waals surface area contributed by atoms with Crippen molar-refractivity contribution in [3.63, 3.8) is 0 Å². The Morgan fingerprint density at radius 3 is 2.38 bits per heavy atom. The van der Waals surface area contributed by atoms with Gasteiger partial charge in [0.05, 0.1) is 28.8 Å². The molecule has 1 amide bonds. The van der Waals surface area contributed by atoms with Crippen LogP contribution in [0.2, 0.25) is 5.02 Å². The summed E-state index contributed by atoms with van der Waals surface area (Å²) in [7, 11) is 5.51. The molecule has 3 heterocycles. The van der Waals surface area contributed by atoms with E-state index in [1.54, 1.807) is 23.6 Å². The van der Waals surface area contributed by atoms with E-state index in [9.17, 15) is 27.2 Å². The highest BCUT2D eigenvalue weighted by Gasteiger charge is 2.41. The molecule has 0 radical (unpaired) electrons. The fourth-order valence-electron chi connectivity index (χ4n) is 6.04. The van der Waals surface area contributed by atoms with Gasteiger partial charge in [0.15, 0.2) is 0 Å². The first kappa shape index (κ1) is 33.4. The first-order chi connectivity index (χ1) is 20.9. The molecule has 17 heteroatoms. The second-order valence-corrected chi connectivity index (χ2v) is 13.7. The molecule has 0 saturated carbocycles. The van der Waals surface area contributed by atoms with Crippen LogP contribution in [0.25, 0.3) is 22.0 Å². The largest absolute Gasteiger partial charge is 0.417 e. The molecule has 2 aromatic carbocycles. The van der Waals surface area contributed by atoms with Crippen molar-refractivity contribution in [1.82, 2.24) is 14.5 Å². The first-order valence-electron chi connectivity index (χ1n) is 14.2. The number of alkyl halides is 3. The first-order valence-corrected chi connectivity index (χ1v) is 15.6. The Morgan fingerprint density at radius 1 is 1.16 bits per heavy atom. The van der Waals surface area contributed by atoms with Gasteiger partial charge in [-0.1, -0.05) is 18.2 Å². The van der Waals surface area contributed by atoms with E-state index in [1.807, 2.05) is 23.5 Å². The van der Waals surface area contributed by atoms with Crippen molar-refractivity contribution < 1.29 is 31.5 Å². The fraction of sp³-hybridized carbons (Fsp3) is 0.393. The number of ether oxygens (including phenoxy) is 1. The summed E-state index contributed by atoms with van der Waals surface area (Å²) in [6, 6.07) is 0.769. The molecule has 1 aromatic heterocycles. The van der Waals surface area contributed by atoms with Crippen LogP contribution in [0.3, 0.4) is 0 Å². The molecule has 2 aliphatic rings. The molecule has 0 N–H and O–H groups in total. The number of benzene rings is 2. The van der Waals surface area contributed by atoms with Crippen LogP contribution < -0.4 is 10.6 Å². The van der Waals surface area contributed by atoms with E-state index in [0.717, 1.165) is 23.9 Å². The van der Waals surface area contributed by atoms with Gasteiger partial charge >= 0.3 is 11.9 Å². The number of carbonyl (C=O) groups is 1. The van der Waals surface area contributed by atoms with Crippen LogP contribution in [0.4, 0.5) is 27.8 Å². The summed E-state index contributed by atoms with van der Waals surface area (Å²) in [5.74, 6) is -2.49. The number of anilines is 1. The SMILES string of the molecule is BC(B)(B)OC[C@H]1CSc2c(-c3cc(Cl)c(F)cc3F)c(C(F)(F)F)cc3c(N4C[C@@H](C)N(C(=O)C=C)[C@@H](C)C4)nc(=O)n1c23. The summed E-state index contributed by atoms with van der Waals surface area (Å²) >= 11 is 6.97. The van der Waals surface area contributed by atoms with Crippen molar-refractivity contribution in [2.24, 2.45) is 0 Å². The third kappa shape index (κ3) is 6.25. The lowest BCUT2D eigenvalue weighted by Crippen LogP contribution is -2.58. The molecule has 0 unspecified atom stereocenters. The van der Waals surface area contributed by atoms with Gasteiger partial charge in [0.1, 0.15) is 41.0 Å². The molecule has 2 aliphatic heterocycles. The van der Waals surface area contributed by atoms with Crippen molar-refractivity contribution in [3.8, 4) is 11.1 Å². The molecule has 3 atom stereocenters. The average Bonchev–Trinajstić information content (AvgIpc) is 2.94. The molecule has 1 fully saturated rings. The zero-order chi connectivity index (χ0) is 33.2. The smallest absolute Gasteiger partial charge is 0.399 e. The second kappa shape index (κ2) is 12.0. The second-order valence-electron chi connectivity index (χ2n) is 12.3. The van der Waals surface area contributed by atoms with Gasteiger partial charge < -0.3 is 14.5 Å². The lowest BCUT2D eigenvalue weighted by molar-refractivity contribution is -0.137. The van der Waals surface area contributed by atoms with Gasteiger partial charge in [-0.3, -0.25) is 9.36 Å². The summed E-state index contributed by atoms with van der Waals surface area (Å²) in [6.45, 7) is 7.56. The molecular weight excluding hydrogens is 635 g/mol. The van der Waals surface area contributed by atoms with E-state index in [-0.39, 0.29) is 65.1 Å². The highest BCUT2D eigenvalue weighted by Crippen LogP contribution is 2.50. The van der Waals surface area contributed by atoms with Crippen molar-refractivity contribution >= 4 is 69.5 Å². The van der Waals surface area contributed by atoms with E-state index in [2.05, 4.69) is 11.6 Å². The maximum Gasteiger partial charge on any atom is 0.417 e. The minimum Gasteiger partial charge on any atom is -0.399 e. The van der Waals surface area contributed by atoms with Crippen LogP contribution in [0.5, 0.6) is 0 Å². The highest BCUT2D eigenvalue weighted by molar-refractivity contribution is 7.99. The van der Waals surface area contributed by atoms with Gasteiger partial charge in [-0.05, 0) is 37.4 Å². The monoisotopic (exact) mass is 664 g/mol. The zero-order valence-electron chi connectivity index (χ0n) is 25.3. The normalized spacial score (nSPS) is 20.5. The topological polar surface area (TPSA) is 67.7 Å². The number of hydrogen-bond acceptors (Lipinski definition) is 6. The van der Waals surface area contributed by atoms with Crippen molar-refractivity contribution in [2.75, 3.05) is 30.3 Å². The van der Waals surface area contributed by atoms with E-state index in [4.69, 9.17) is 16.3 Å². The van der Waals surface area contributed by atoms with Crippen LogP contribution in [-0.4, -0.2) is 86.7 Å². The summed E-state index contributed by atoms with van der Waals surface area (Å²) in [4.78, 5) is 34.0. The van der Waals surface area contributed by atoms with Crippen LogP contribution in [0.1, 0.15) is 25.5 Å². The summed E-state index contributed by atoms with van der Waals surface area (Å²) in [6.07, 6.45) is -3.78. The van der Waals surface area contributed by atoms with Crippen LogP contribution >= 0.6 is 23.4 Å². The molecule has 7 nitrogen and oxygen atoms in total. The average molecular weight is 665 g/mol. The Balaban J connectivity index is 1.83. The van der Waals surface area contributed by atoms with Crippen molar-refractivity contribution in [3.05, 3.63) is 63.6 Å². The molecule has 45 heavy (non-hydrogen) atoms. The predicted octanol–water partition coefficient (Wildman–Crippen LogP) is 2.80. The van der Waals surface area contributed by atoms with Gasteiger partial charge in [0, 0.05) is 58.4 Å². The number of thioether (sulfide) groups is 1. The van der Waals surface area contributed by atoms with Gasteiger partial charge in [-0.25, -0.2) is 13.6 Å². The number of piperazine rings is 1. The van der Waals surface area contributed by atoms with E-state index < -0.39 is 56.6 Å². The summed E-state index contributed by atoms with van der Waals surface area (Å²) < 4.78 is 81.3. The molecule has 0 spiro atoms. The van der Waals surface area contributed by atoms with Gasteiger partial charge in [-0.15, -0.1) is 11.8 Å². The number of carbonyl (C=O) groups excluding carboxylic acids is 1. The highest BCUT2D eigenvalue weighted by atomic mass is 35.5. The number of amides is 1. The Bertz CT molecular complexity index is 1760. The third-order valence-electron chi connectivity index (χ3n) is 7.87. The van der Waals surface area contributed by atoms with E-state index in [0.29, 0.717) is 6.07 Å². The van der Waals surface area contributed by atoms with Crippen LogP contribution in [0, 0.1) is 11.6 Å². The van der Waals surface area contributed by atoms with Gasteiger partial charge in [-0.2, -0.15) is 18.2 Å². The number of rotatable bonds is 6. The quantitative estimate of drug-likeness (QED) is 0.175. The molecule has 0 bridgehead atoms. The zero-order valence-corrected chi connectivity index (χ0v) is 26.8. The summed E-state index contributed by atoms with van der Waals surface area (Å²) in [5.41, 5.74) is -2.84. The van der Waals surface area contributed by atoms with Crippen LogP contribution in [0.15, 0.2) is 40.5 Å². The Morgan fingerprint density at radius 2 is 1.80 bits per heavy atom. The summed E-state index contributed by atoms with van der Waals surface area (Å²) in [5, 5.41) is -1.09. The van der Waals surface area contributed by atoms with E-state index in [1.165, 1.54) is 10.6 Å². The molecule has 3 aromatic rings. The van der Waals surface area contributed by atoms with Crippen molar-refractivity contribution in [2.45, 2.75) is 48.3 Å². The molecular formula is C28H29B3ClF5N4O3S. The van der Waals surface area contributed by atoms with Gasteiger partial charge in [0.25, 0.3) is 0 Å².